The summed E-state index contributed by atoms with van der Waals surface area (Å²) in [5, 5.41) is 14.9. The number of fused-ring (bicyclic) bond motifs is 4. The number of hydrogen-bond acceptors (Lipinski definition) is 6. The molecule has 0 aliphatic carbocycles. The largest absolute Gasteiger partial charge is 0.351 e. The molecule has 0 radical (unpaired) electrons. The van der Waals surface area contributed by atoms with E-state index in [0.29, 0.717) is 33.6 Å². The van der Waals surface area contributed by atoms with E-state index in [4.69, 9.17) is 4.98 Å². The zero-order valence-electron chi connectivity index (χ0n) is 14.8. The summed E-state index contributed by atoms with van der Waals surface area (Å²) in [5.41, 5.74) is 1.60. The van der Waals surface area contributed by atoms with Crippen molar-refractivity contribution in [2.45, 2.75) is 24.9 Å². The van der Waals surface area contributed by atoms with Crippen LogP contribution in [0, 0.1) is 0 Å². The number of carbonyl (C=O) groups excluding carboxylic acids is 1. The fourth-order valence-corrected chi connectivity index (χ4v) is 4.36. The fourth-order valence-electron chi connectivity index (χ4n) is 3.90. The molecule has 0 saturated carbocycles. The van der Waals surface area contributed by atoms with E-state index in [0.717, 1.165) is 18.9 Å². The summed E-state index contributed by atoms with van der Waals surface area (Å²) in [5.74, 6) is 0.640. The summed E-state index contributed by atoms with van der Waals surface area (Å²) in [4.78, 5) is 19.9. The maximum Gasteiger partial charge on any atom is 0.261 e. The van der Waals surface area contributed by atoms with Crippen molar-refractivity contribution in [1.82, 2.24) is 29.7 Å². The highest BCUT2D eigenvalue weighted by molar-refractivity contribution is 9.10. The van der Waals surface area contributed by atoms with Crippen LogP contribution in [-0.4, -0.2) is 55.5 Å². The van der Waals surface area contributed by atoms with E-state index in [2.05, 4.69) is 41.7 Å². The molecule has 3 aliphatic heterocycles. The molecule has 3 fully saturated rings. The van der Waals surface area contributed by atoms with Gasteiger partial charge in [-0.15, -0.1) is 0 Å². The van der Waals surface area contributed by atoms with Crippen LogP contribution in [0.4, 0.5) is 11.5 Å². The van der Waals surface area contributed by atoms with Crippen LogP contribution >= 0.6 is 15.9 Å². The predicted molar refractivity (Wildman–Crippen MR) is 104 cm³/mol. The van der Waals surface area contributed by atoms with E-state index < -0.39 is 0 Å². The molecule has 2 atom stereocenters. The molecule has 1 amide bonds. The van der Waals surface area contributed by atoms with Gasteiger partial charge in [0.05, 0.1) is 11.9 Å². The SMILES string of the molecule is Cn1cc(NC(=O)c2cnn3ccc(N4C[C@H]5CC[C@@H]4CN5)nc23)c(Br)n1. The van der Waals surface area contributed by atoms with Crippen LogP contribution in [0.25, 0.3) is 5.65 Å². The smallest absolute Gasteiger partial charge is 0.261 e. The van der Waals surface area contributed by atoms with Gasteiger partial charge in [-0.3, -0.25) is 9.48 Å². The number of aromatic nitrogens is 5. The maximum absolute atomic E-state index is 12.8. The van der Waals surface area contributed by atoms with Gasteiger partial charge in [0.2, 0.25) is 0 Å². The number of aryl methyl sites for hydroxylation is 1. The molecule has 3 aromatic heterocycles. The van der Waals surface area contributed by atoms with Crippen molar-refractivity contribution in [3.8, 4) is 0 Å². The number of rotatable bonds is 3. The number of nitrogens with one attached hydrogen (secondary N) is 2. The molecule has 27 heavy (non-hydrogen) atoms. The van der Waals surface area contributed by atoms with Crippen LogP contribution in [0.3, 0.4) is 0 Å². The molecular formula is C17H19BrN8O. The molecule has 10 heteroatoms. The molecular weight excluding hydrogens is 412 g/mol. The van der Waals surface area contributed by atoms with E-state index in [1.54, 1.807) is 28.6 Å². The number of piperidine rings is 2. The Morgan fingerprint density at radius 1 is 1.41 bits per heavy atom. The highest BCUT2D eigenvalue weighted by atomic mass is 79.9. The minimum Gasteiger partial charge on any atom is -0.351 e. The molecule has 0 unspecified atom stereocenters. The lowest BCUT2D eigenvalue weighted by molar-refractivity contribution is 0.102. The average Bonchev–Trinajstić information content (AvgIpc) is 3.24. The highest BCUT2D eigenvalue weighted by Crippen LogP contribution is 2.28. The van der Waals surface area contributed by atoms with Gasteiger partial charge in [-0.25, -0.2) is 9.50 Å². The second-order valence-electron chi connectivity index (χ2n) is 7.06. The van der Waals surface area contributed by atoms with Crippen molar-refractivity contribution in [3.63, 3.8) is 0 Å². The van der Waals surface area contributed by atoms with Gasteiger partial charge in [0.25, 0.3) is 5.91 Å². The molecule has 6 heterocycles. The number of anilines is 2. The van der Waals surface area contributed by atoms with Gasteiger partial charge in [-0.2, -0.15) is 10.2 Å². The quantitative estimate of drug-likeness (QED) is 0.652. The molecule has 6 rings (SSSR count). The molecule has 2 N–H and O–H groups in total. The van der Waals surface area contributed by atoms with Crippen LogP contribution in [0.5, 0.6) is 0 Å². The van der Waals surface area contributed by atoms with Crippen LogP contribution in [0.15, 0.2) is 29.3 Å². The minimum absolute atomic E-state index is 0.259. The minimum atomic E-state index is -0.259. The third-order valence-electron chi connectivity index (χ3n) is 5.27. The van der Waals surface area contributed by atoms with Crippen LogP contribution in [0.1, 0.15) is 23.2 Å². The van der Waals surface area contributed by atoms with Crippen molar-refractivity contribution in [1.29, 1.82) is 0 Å². The van der Waals surface area contributed by atoms with Gasteiger partial charge < -0.3 is 15.5 Å². The second kappa shape index (κ2) is 6.31. The van der Waals surface area contributed by atoms with Crippen molar-refractivity contribution >= 4 is 39.0 Å². The first-order valence-corrected chi connectivity index (χ1v) is 9.72. The summed E-state index contributed by atoms with van der Waals surface area (Å²) in [6, 6.07) is 2.94. The molecule has 140 valence electrons. The third-order valence-corrected chi connectivity index (χ3v) is 5.86. The van der Waals surface area contributed by atoms with E-state index in [-0.39, 0.29) is 5.91 Å². The first kappa shape index (κ1) is 16.7. The molecule has 0 aromatic carbocycles. The molecule has 9 nitrogen and oxygen atoms in total. The molecule has 3 aromatic rings. The van der Waals surface area contributed by atoms with Gasteiger partial charge >= 0.3 is 0 Å². The number of halogens is 1. The van der Waals surface area contributed by atoms with E-state index >= 15 is 0 Å². The van der Waals surface area contributed by atoms with Crippen molar-refractivity contribution in [3.05, 3.63) is 34.8 Å². The lowest BCUT2D eigenvalue weighted by Crippen LogP contribution is -2.61. The Balaban J connectivity index is 1.46. The summed E-state index contributed by atoms with van der Waals surface area (Å²) in [6.07, 6.45) is 7.54. The summed E-state index contributed by atoms with van der Waals surface area (Å²) in [7, 11) is 1.80. The van der Waals surface area contributed by atoms with E-state index in [1.165, 1.54) is 12.8 Å². The average molecular weight is 431 g/mol. The predicted octanol–water partition coefficient (Wildman–Crippen LogP) is 1.42. The first-order chi connectivity index (χ1) is 13.1. The topological polar surface area (TPSA) is 92.4 Å². The van der Waals surface area contributed by atoms with Crippen LogP contribution in [0.2, 0.25) is 0 Å². The maximum atomic E-state index is 12.8. The number of nitrogens with zero attached hydrogens (tertiary/aromatic N) is 6. The third kappa shape index (κ3) is 2.88. The zero-order valence-corrected chi connectivity index (χ0v) is 16.3. The lowest BCUT2D eigenvalue weighted by atomic mass is 9.93. The standard InChI is InChI=1S/C17H19BrN8O/c1-24-9-13(15(18)23-24)21-17(27)12-7-20-26-5-4-14(22-16(12)26)25-8-10-2-3-11(25)6-19-10/h4-5,7,9-11,19H,2-3,6,8H2,1H3,(H,21,27)/t10-,11-/m1/s1. The van der Waals surface area contributed by atoms with E-state index in [9.17, 15) is 4.79 Å². The van der Waals surface area contributed by atoms with Gasteiger partial charge in [0.15, 0.2) is 10.3 Å². The zero-order chi connectivity index (χ0) is 18.5. The highest BCUT2D eigenvalue weighted by Gasteiger charge is 2.34. The summed E-state index contributed by atoms with van der Waals surface area (Å²) in [6.45, 7) is 1.94. The van der Waals surface area contributed by atoms with Crippen molar-refractivity contribution in [2.75, 3.05) is 23.3 Å². The van der Waals surface area contributed by atoms with Gasteiger partial charge in [-0.05, 0) is 34.8 Å². The van der Waals surface area contributed by atoms with Gasteiger partial charge in [-0.1, -0.05) is 0 Å². The molecule has 3 aliphatic rings. The van der Waals surface area contributed by atoms with E-state index in [1.807, 2.05) is 12.3 Å². The molecule has 3 saturated heterocycles. The Morgan fingerprint density at radius 3 is 2.96 bits per heavy atom. The van der Waals surface area contributed by atoms with Gasteiger partial charge in [0.1, 0.15) is 11.4 Å². The van der Waals surface area contributed by atoms with Crippen LogP contribution < -0.4 is 15.5 Å². The molecule has 2 bridgehead atoms. The number of piperazine rings is 1. The lowest BCUT2D eigenvalue weighted by Gasteiger charge is -2.46. The summed E-state index contributed by atoms with van der Waals surface area (Å²) >= 11 is 3.35. The first-order valence-electron chi connectivity index (χ1n) is 8.93. The second-order valence-corrected chi connectivity index (χ2v) is 7.81. The number of carbonyl (C=O) groups is 1. The number of amides is 1. The van der Waals surface area contributed by atoms with Crippen LogP contribution in [-0.2, 0) is 7.05 Å². The van der Waals surface area contributed by atoms with Crippen molar-refractivity contribution < 1.29 is 4.79 Å². The van der Waals surface area contributed by atoms with Gasteiger partial charge in [0, 0.05) is 44.6 Å². The number of hydrogen-bond donors (Lipinski definition) is 2. The monoisotopic (exact) mass is 430 g/mol. The normalized spacial score (nSPS) is 21.8. The Bertz CT molecular complexity index is 1020. The Morgan fingerprint density at radius 2 is 2.30 bits per heavy atom. The Hall–Kier alpha value is -2.46. The Kier molecular flexibility index (Phi) is 3.90. The fraction of sp³-hybridized carbons (Fsp3) is 0.412. The molecule has 0 spiro atoms. The Labute approximate surface area is 163 Å². The van der Waals surface area contributed by atoms with Crippen molar-refractivity contribution in [2.24, 2.45) is 7.05 Å². The summed E-state index contributed by atoms with van der Waals surface area (Å²) < 4.78 is 3.85.